The highest BCUT2D eigenvalue weighted by molar-refractivity contribution is 5.92. The quantitative estimate of drug-likeness (QED) is 0.762. The summed E-state index contributed by atoms with van der Waals surface area (Å²) in [5, 5.41) is 18.6. The van der Waals surface area contributed by atoms with Gasteiger partial charge in [-0.15, -0.1) is 0 Å². The van der Waals surface area contributed by atoms with Gasteiger partial charge in [0.1, 0.15) is 11.9 Å². The van der Waals surface area contributed by atoms with Crippen LogP contribution in [0.5, 0.6) is 5.75 Å². The number of aliphatic hydroxyl groups is 1. The maximum atomic E-state index is 11.8. The first kappa shape index (κ1) is 10.4. The van der Waals surface area contributed by atoms with Gasteiger partial charge in [-0.1, -0.05) is 0 Å². The van der Waals surface area contributed by atoms with Crippen molar-refractivity contribution in [3.05, 3.63) is 23.8 Å². The summed E-state index contributed by atoms with van der Waals surface area (Å²) in [7, 11) is 0. The lowest BCUT2D eigenvalue weighted by Crippen LogP contribution is -2.41. The molecular weight excluding hydrogens is 222 g/mol. The number of nitrogens with zero attached hydrogens (tertiary/aromatic N) is 1. The van der Waals surface area contributed by atoms with E-state index in [9.17, 15) is 15.0 Å². The fourth-order valence-electron chi connectivity index (χ4n) is 2.63. The van der Waals surface area contributed by atoms with Gasteiger partial charge in [0.25, 0.3) is 0 Å². The molecule has 17 heavy (non-hydrogen) atoms. The number of carbonyl (C=O) groups excluding carboxylic acids is 1. The molecule has 1 amide bonds. The Hall–Kier alpha value is -1.75. The third-order valence-corrected chi connectivity index (χ3v) is 3.42. The van der Waals surface area contributed by atoms with Crippen molar-refractivity contribution in [1.29, 1.82) is 0 Å². The van der Waals surface area contributed by atoms with Crippen molar-refractivity contribution < 1.29 is 19.7 Å². The second-order valence-electron chi connectivity index (χ2n) is 4.39. The number of amides is 1. The summed E-state index contributed by atoms with van der Waals surface area (Å²) >= 11 is 0. The number of fused-ring (bicyclic) bond motifs is 3. The van der Waals surface area contributed by atoms with Crippen molar-refractivity contribution in [2.24, 2.45) is 0 Å². The zero-order valence-electron chi connectivity index (χ0n) is 9.17. The van der Waals surface area contributed by atoms with Crippen molar-refractivity contribution in [1.82, 2.24) is 0 Å². The maximum Gasteiger partial charge on any atom is 0.415 e. The number of aliphatic hydroxyl groups excluding tert-OH is 1. The van der Waals surface area contributed by atoms with E-state index in [0.717, 1.165) is 24.1 Å². The van der Waals surface area contributed by atoms with Gasteiger partial charge in [-0.25, -0.2) is 4.79 Å². The van der Waals surface area contributed by atoms with Gasteiger partial charge in [0, 0.05) is 0 Å². The van der Waals surface area contributed by atoms with E-state index in [0.29, 0.717) is 0 Å². The highest BCUT2D eigenvalue weighted by Gasteiger charge is 2.44. The fraction of sp³-hybridized carbons (Fsp3) is 0.417. The second-order valence-corrected chi connectivity index (χ2v) is 4.39. The highest BCUT2D eigenvalue weighted by Crippen LogP contribution is 2.38. The Morgan fingerprint density at radius 2 is 2.29 bits per heavy atom. The van der Waals surface area contributed by atoms with Gasteiger partial charge in [0.05, 0.1) is 18.3 Å². The van der Waals surface area contributed by atoms with Gasteiger partial charge in [0.15, 0.2) is 0 Å². The fourth-order valence-corrected chi connectivity index (χ4v) is 2.63. The largest absolute Gasteiger partial charge is 0.508 e. The zero-order valence-corrected chi connectivity index (χ0v) is 9.17. The second kappa shape index (κ2) is 3.63. The molecule has 2 N–H and O–H groups in total. The number of ether oxygens (including phenoxy) is 1. The van der Waals surface area contributed by atoms with Gasteiger partial charge in [-0.2, -0.15) is 0 Å². The predicted octanol–water partition coefficient (Wildman–Crippen LogP) is 1.02. The lowest BCUT2D eigenvalue weighted by atomic mass is 9.94. The lowest BCUT2D eigenvalue weighted by molar-refractivity contribution is 0.0817. The minimum Gasteiger partial charge on any atom is -0.508 e. The number of rotatable bonds is 1. The monoisotopic (exact) mass is 235 g/mol. The molecule has 0 bridgehead atoms. The predicted molar refractivity (Wildman–Crippen MR) is 60.0 cm³/mol. The number of cyclic esters (lactones) is 1. The highest BCUT2D eigenvalue weighted by atomic mass is 16.6. The van der Waals surface area contributed by atoms with E-state index in [4.69, 9.17) is 4.74 Å². The standard InChI is InChI=1S/C12H13NO4/c14-6-11-10-3-1-7-5-8(15)2-4-9(7)13(10)12(16)17-11/h2,4-5,10-11,14-15H,1,3,6H2/t10-,11+/m0/s1. The molecule has 2 atom stereocenters. The first-order valence-corrected chi connectivity index (χ1v) is 5.63. The van der Waals surface area contributed by atoms with E-state index < -0.39 is 12.2 Å². The van der Waals surface area contributed by atoms with Crippen LogP contribution < -0.4 is 4.90 Å². The topological polar surface area (TPSA) is 70.0 Å². The first-order chi connectivity index (χ1) is 8.20. The molecular formula is C12H13NO4. The molecule has 5 heteroatoms. The minimum absolute atomic E-state index is 0.0930. The number of carbonyl (C=O) groups is 1. The molecule has 0 aromatic heterocycles. The molecule has 2 heterocycles. The normalized spacial score (nSPS) is 26.4. The molecule has 1 aromatic carbocycles. The molecule has 0 saturated carbocycles. The molecule has 1 saturated heterocycles. The first-order valence-electron chi connectivity index (χ1n) is 5.63. The van der Waals surface area contributed by atoms with Crippen LogP contribution >= 0.6 is 0 Å². The Balaban J connectivity index is 2.04. The van der Waals surface area contributed by atoms with Gasteiger partial charge >= 0.3 is 6.09 Å². The molecule has 2 aliphatic rings. The van der Waals surface area contributed by atoms with Crippen LogP contribution in [-0.2, 0) is 11.2 Å². The van der Waals surface area contributed by atoms with Crippen LogP contribution in [0.15, 0.2) is 18.2 Å². The number of aryl methyl sites for hydroxylation is 1. The minimum atomic E-state index is -0.440. The van der Waals surface area contributed by atoms with E-state index in [1.807, 2.05) is 0 Å². The Labute approximate surface area is 98.2 Å². The van der Waals surface area contributed by atoms with E-state index >= 15 is 0 Å². The summed E-state index contributed by atoms with van der Waals surface area (Å²) < 4.78 is 5.12. The van der Waals surface area contributed by atoms with Crippen LogP contribution in [0.2, 0.25) is 0 Å². The van der Waals surface area contributed by atoms with Crippen LogP contribution in [0.1, 0.15) is 12.0 Å². The number of anilines is 1. The van der Waals surface area contributed by atoms with Crippen LogP contribution in [0.4, 0.5) is 10.5 Å². The van der Waals surface area contributed by atoms with E-state index in [-0.39, 0.29) is 18.4 Å². The van der Waals surface area contributed by atoms with Crippen LogP contribution in [0, 0.1) is 0 Å². The number of phenols is 1. The zero-order chi connectivity index (χ0) is 12.0. The summed E-state index contributed by atoms with van der Waals surface area (Å²) in [6, 6.07) is 4.86. The molecule has 0 unspecified atom stereocenters. The average Bonchev–Trinajstić information content (AvgIpc) is 2.66. The molecule has 1 fully saturated rings. The van der Waals surface area contributed by atoms with Crippen LogP contribution in [0.25, 0.3) is 0 Å². The Kier molecular flexibility index (Phi) is 2.22. The van der Waals surface area contributed by atoms with Gasteiger partial charge in [0.2, 0.25) is 0 Å². The third kappa shape index (κ3) is 1.46. The molecule has 5 nitrogen and oxygen atoms in total. The number of phenolic OH excluding ortho intramolecular Hbond substituents is 1. The Morgan fingerprint density at radius 3 is 3.06 bits per heavy atom. The molecule has 0 spiro atoms. The van der Waals surface area contributed by atoms with E-state index in [1.54, 1.807) is 23.1 Å². The Morgan fingerprint density at radius 1 is 1.47 bits per heavy atom. The van der Waals surface area contributed by atoms with Crippen LogP contribution in [0.3, 0.4) is 0 Å². The summed E-state index contributed by atoms with van der Waals surface area (Å²) in [6.45, 7) is -0.152. The number of aromatic hydroxyl groups is 1. The maximum absolute atomic E-state index is 11.8. The lowest BCUT2D eigenvalue weighted by Gasteiger charge is -2.30. The SMILES string of the molecule is O=C1O[C@H](CO)[C@@H]2CCc3cc(O)ccc3N12. The molecule has 0 aliphatic carbocycles. The summed E-state index contributed by atoms with van der Waals surface area (Å²) in [6.07, 6.45) is 0.663. The molecule has 90 valence electrons. The van der Waals surface area contributed by atoms with Crippen molar-refractivity contribution in [2.75, 3.05) is 11.5 Å². The van der Waals surface area contributed by atoms with E-state index in [2.05, 4.69) is 0 Å². The number of hydrogen-bond acceptors (Lipinski definition) is 4. The summed E-state index contributed by atoms with van der Waals surface area (Å²) in [5.41, 5.74) is 1.72. The van der Waals surface area contributed by atoms with Gasteiger partial charge < -0.3 is 14.9 Å². The van der Waals surface area contributed by atoms with Crippen molar-refractivity contribution in [3.63, 3.8) is 0 Å². The summed E-state index contributed by atoms with van der Waals surface area (Å²) in [4.78, 5) is 13.3. The average molecular weight is 235 g/mol. The smallest absolute Gasteiger partial charge is 0.415 e. The third-order valence-electron chi connectivity index (χ3n) is 3.42. The Bertz CT molecular complexity index is 474. The van der Waals surface area contributed by atoms with Gasteiger partial charge in [-0.3, -0.25) is 4.90 Å². The number of hydrogen-bond donors (Lipinski definition) is 2. The van der Waals surface area contributed by atoms with Crippen molar-refractivity contribution in [2.45, 2.75) is 25.0 Å². The number of benzene rings is 1. The van der Waals surface area contributed by atoms with Gasteiger partial charge in [-0.05, 0) is 36.6 Å². The summed E-state index contributed by atoms with van der Waals surface area (Å²) in [5.74, 6) is 0.202. The molecule has 0 radical (unpaired) electrons. The van der Waals surface area contributed by atoms with Crippen molar-refractivity contribution >= 4 is 11.8 Å². The van der Waals surface area contributed by atoms with E-state index in [1.165, 1.54) is 0 Å². The molecule has 2 aliphatic heterocycles. The molecule has 1 aromatic rings. The molecule has 3 rings (SSSR count). The van der Waals surface area contributed by atoms with Crippen LogP contribution in [-0.4, -0.2) is 35.1 Å². The van der Waals surface area contributed by atoms with Crippen molar-refractivity contribution in [3.8, 4) is 5.75 Å².